The Morgan fingerprint density at radius 3 is 2.24 bits per heavy atom. The van der Waals surface area contributed by atoms with Gasteiger partial charge in [0.05, 0.1) is 0 Å². The van der Waals surface area contributed by atoms with Crippen molar-refractivity contribution in [3.05, 3.63) is 35.9 Å². The molecule has 1 aliphatic rings. The van der Waals surface area contributed by atoms with E-state index in [0.29, 0.717) is 25.8 Å². The van der Waals surface area contributed by atoms with Crippen molar-refractivity contribution in [2.45, 2.75) is 64.2 Å². The lowest BCUT2D eigenvalue weighted by molar-refractivity contribution is -0.142. The smallest absolute Gasteiger partial charge is 0.245 e. The van der Waals surface area contributed by atoms with Crippen LogP contribution in [0.2, 0.25) is 0 Å². The van der Waals surface area contributed by atoms with Gasteiger partial charge in [0, 0.05) is 26.9 Å². The van der Waals surface area contributed by atoms with Gasteiger partial charge in [-0.15, -0.1) is 0 Å². The third kappa shape index (κ3) is 7.30. The van der Waals surface area contributed by atoms with Crippen LogP contribution in [0.1, 0.15) is 39.2 Å². The van der Waals surface area contributed by atoms with E-state index in [-0.39, 0.29) is 11.8 Å². The van der Waals surface area contributed by atoms with Crippen molar-refractivity contribution in [3.8, 4) is 0 Å². The van der Waals surface area contributed by atoms with Crippen molar-refractivity contribution in [2.75, 3.05) is 13.6 Å². The van der Waals surface area contributed by atoms with Crippen LogP contribution in [0.5, 0.6) is 0 Å². The molecule has 1 aromatic rings. The molecule has 4 N–H and O–H groups in total. The van der Waals surface area contributed by atoms with Crippen molar-refractivity contribution < 1.29 is 24.0 Å². The molecule has 0 saturated carbocycles. The first-order valence-corrected chi connectivity index (χ1v) is 11.1. The molecule has 1 aliphatic heterocycles. The number of carbonyl (C=O) groups is 5. The second kappa shape index (κ2) is 12.0. The van der Waals surface area contributed by atoms with Gasteiger partial charge in [-0.25, -0.2) is 0 Å². The summed E-state index contributed by atoms with van der Waals surface area (Å²) in [6.07, 6.45) is 1.42. The SMILES string of the molecule is CNC(=O)[C@H](Cc1ccccc1)NC(=O)[C@@H]1CCCN1C(=O)[C@H](C)NC(=O)[C@H](C)NC(C)=O. The number of amides is 5. The summed E-state index contributed by atoms with van der Waals surface area (Å²) < 4.78 is 0. The van der Waals surface area contributed by atoms with E-state index in [9.17, 15) is 24.0 Å². The Balaban J connectivity index is 2.03. The lowest BCUT2D eigenvalue weighted by Crippen LogP contribution is -2.57. The molecule has 0 unspecified atom stereocenters. The van der Waals surface area contributed by atoms with Gasteiger partial charge >= 0.3 is 0 Å². The minimum atomic E-state index is -0.874. The third-order valence-electron chi connectivity index (χ3n) is 5.54. The van der Waals surface area contributed by atoms with Gasteiger partial charge in [0.25, 0.3) is 0 Å². The topological polar surface area (TPSA) is 137 Å². The number of hydrogen-bond acceptors (Lipinski definition) is 5. The lowest BCUT2D eigenvalue weighted by atomic mass is 10.0. The van der Waals surface area contributed by atoms with Crippen molar-refractivity contribution >= 4 is 29.5 Å². The number of nitrogens with one attached hydrogen (secondary N) is 4. The van der Waals surface area contributed by atoms with Gasteiger partial charge in [0.2, 0.25) is 29.5 Å². The van der Waals surface area contributed by atoms with Crippen LogP contribution >= 0.6 is 0 Å². The Morgan fingerprint density at radius 2 is 1.64 bits per heavy atom. The van der Waals surface area contributed by atoms with Gasteiger partial charge in [-0.1, -0.05) is 30.3 Å². The maximum atomic E-state index is 13.0. The number of benzene rings is 1. The van der Waals surface area contributed by atoms with Crippen LogP contribution in [0.25, 0.3) is 0 Å². The fourth-order valence-electron chi connectivity index (χ4n) is 3.82. The summed E-state index contributed by atoms with van der Waals surface area (Å²) in [5.41, 5.74) is 0.898. The summed E-state index contributed by atoms with van der Waals surface area (Å²) in [5, 5.41) is 10.4. The van der Waals surface area contributed by atoms with E-state index in [1.807, 2.05) is 30.3 Å². The van der Waals surface area contributed by atoms with Gasteiger partial charge in [0.1, 0.15) is 24.2 Å². The highest BCUT2D eigenvalue weighted by molar-refractivity contribution is 5.95. The van der Waals surface area contributed by atoms with Crippen molar-refractivity contribution in [3.63, 3.8) is 0 Å². The number of likely N-dealkylation sites (N-methyl/N-ethyl adjacent to an activating group) is 1. The highest BCUT2D eigenvalue weighted by atomic mass is 16.2. The van der Waals surface area contributed by atoms with Gasteiger partial charge < -0.3 is 26.2 Å². The molecule has 0 spiro atoms. The van der Waals surface area contributed by atoms with E-state index in [1.165, 1.54) is 32.7 Å². The molecule has 0 bridgehead atoms. The number of nitrogens with zero attached hydrogens (tertiary/aromatic N) is 1. The lowest BCUT2D eigenvalue weighted by Gasteiger charge is -2.29. The maximum Gasteiger partial charge on any atom is 0.245 e. The predicted octanol–water partition coefficient (Wildman–Crippen LogP) is -0.520. The molecule has 180 valence electrons. The van der Waals surface area contributed by atoms with Crippen LogP contribution in [-0.4, -0.2) is 72.2 Å². The van der Waals surface area contributed by atoms with Crippen LogP contribution in [0, 0.1) is 0 Å². The predicted molar refractivity (Wildman–Crippen MR) is 122 cm³/mol. The first kappa shape index (κ1) is 25.8. The van der Waals surface area contributed by atoms with Crippen molar-refractivity contribution in [1.29, 1.82) is 0 Å². The molecule has 1 fully saturated rings. The largest absolute Gasteiger partial charge is 0.357 e. The Labute approximate surface area is 193 Å². The van der Waals surface area contributed by atoms with E-state index in [2.05, 4.69) is 21.3 Å². The minimum Gasteiger partial charge on any atom is -0.357 e. The quantitative estimate of drug-likeness (QED) is 0.394. The Bertz CT molecular complexity index is 875. The molecule has 0 aliphatic carbocycles. The number of likely N-dealkylation sites (tertiary alicyclic amines) is 1. The molecule has 4 atom stereocenters. The maximum absolute atomic E-state index is 13.0. The zero-order valence-electron chi connectivity index (χ0n) is 19.5. The van der Waals surface area contributed by atoms with Gasteiger partial charge in [0.15, 0.2) is 0 Å². The Morgan fingerprint density at radius 1 is 0.970 bits per heavy atom. The second-order valence-electron chi connectivity index (χ2n) is 8.21. The van der Waals surface area contributed by atoms with E-state index in [0.717, 1.165) is 5.56 Å². The second-order valence-corrected chi connectivity index (χ2v) is 8.21. The zero-order chi connectivity index (χ0) is 24.5. The van der Waals surface area contributed by atoms with Crippen molar-refractivity contribution in [1.82, 2.24) is 26.2 Å². The average Bonchev–Trinajstić information content (AvgIpc) is 3.27. The molecule has 1 heterocycles. The molecule has 0 aromatic heterocycles. The molecular formula is C23H33N5O5. The summed E-state index contributed by atoms with van der Waals surface area (Å²) in [6, 6.07) is 6.17. The summed E-state index contributed by atoms with van der Waals surface area (Å²) in [7, 11) is 1.50. The Hall–Kier alpha value is -3.43. The van der Waals surface area contributed by atoms with Crippen LogP contribution in [0.15, 0.2) is 30.3 Å². The first-order valence-electron chi connectivity index (χ1n) is 11.1. The van der Waals surface area contributed by atoms with E-state index in [1.54, 1.807) is 0 Å². The Kier molecular flexibility index (Phi) is 9.38. The van der Waals surface area contributed by atoms with E-state index in [4.69, 9.17) is 0 Å². The number of rotatable bonds is 9. The monoisotopic (exact) mass is 459 g/mol. The van der Waals surface area contributed by atoms with Crippen LogP contribution in [0.3, 0.4) is 0 Å². The molecule has 1 aromatic carbocycles. The molecule has 2 rings (SSSR count). The molecule has 10 nitrogen and oxygen atoms in total. The fraction of sp³-hybridized carbons (Fsp3) is 0.522. The summed E-state index contributed by atoms with van der Waals surface area (Å²) >= 11 is 0. The first-order chi connectivity index (χ1) is 15.6. The highest BCUT2D eigenvalue weighted by Gasteiger charge is 2.37. The van der Waals surface area contributed by atoms with Crippen LogP contribution in [0.4, 0.5) is 0 Å². The van der Waals surface area contributed by atoms with Crippen LogP contribution < -0.4 is 21.3 Å². The zero-order valence-corrected chi connectivity index (χ0v) is 19.5. The van der Waals surface area contributed by atoms with Gasteiger partial charge in [-0.3, -0.25) is 24.0 Å². The minimum absolute atomic E-state index is 0.320. The number of hydrogen-bond donors (Lipinski definition) is 4. The van der Waals surface area contributed by atoms with E-state index < -0.39 is 41.9 Å². The molecule has 10 heteroatoms. The summed E-state index contributed by atoms with van der Waals surface area (Å²) in [4.78, 5) is 63.2. The molecule has 33 heavy (non-hydrogen) atoms. The summed E-state index contributed by atoms with van der Waals surface area (Å²) in [6.45, 7) is 4.74. The molecule has 5 amide bonds. The molecular weight excluding hydrogens is 426 g/mol. The van der Waals surface area contributed by atoms with Gasteiger partial charge in [-0.2, -0.15) is 0 Å². The molecule has 1 saturated heterocycles. The number of carbonyl (C=O) groups excluding carboxylic acids is 5. The average molecular weight is 460 g/mol. The van der Waals surface area contributed by atoms with Crippen LogP contribution in [-0.2, 0) is 30.4 Å². The van der Waals surface area contributed by atoms with E-state index >= 15 is 0 Å². The fourth-order valence-corrected chi connectivity index (χ4v) is 3.82. The normalized spacial score (nSPS) is 17.9. The van der Waals surface area contributed by atoms with Crippen molar-refractivity contribution in [2.24, 2.45) is 0 Å². The highest BCUT2D eigenvalue weighted by Crippen LogP contribution is 2.19. The van der Waals surface area contributed by atoms with Gasteiger partial charge in [-0.05, 0) is 32.3 Å². The standard InChI is InChI=1S/C23H33N5O5/c1-14(25-16(3)29)20(30)26-15(2)23(33)28-12-8-11-19(28)22(32)27-18(21(31)24-4)13-17-9-6-5-7-10-17/h5-7,9-10,14-15,18-19H,8,11-13H2,1-4H3,(H,24,31)(H,25,29)(H,26,30)(H,27,32)/t14-,15-,18-,19-/m0/s1. The third-order valence-corrected chi connectivity index (χ3v) is 5.54. The summed E-state index contributed by atoms with van der Waals surface area (Å²) in [5.74, 6) is -1.97. The molecule has 0 radical (unpaired) electrons.